The standard InChI is InChI=1S/C44H26S/c1-2-11-27(12-3-1)28-21-23-36-39(25-28)31-13-4-6-16-34(31)43-37-24-22-29(26-40(37)32-14-5-7-17-35(32)42(36)43)30-18-10-19-38-33-15-8-9-20-41(33)45-44(30)38/h1-26H. The summed E-state index contributed by atoms with van der Waals surface area (Å²) in [6.45, 7) is 0. The molecule has 0 atom stereocenters. The van der Waals surface area contributed by atoms with E-state index in [-0.39, 0.29) is 0 Å². The van der Waals surface area contributed by atoms with Crippen molar-refractivity contribution in [3.05, 3.63) is 158 Å². The van der Waals surface area contributed by atoms with Crippen molar-refractivity contribution in [3.8, 4) is 22.3 Å². The van der Waals surface area contributed by atoms with Gasteiger partial charge in [0.2, 0.25) is 0 Å². The van der Waals surface area contributed by atoms with E-state index in [4.69, 9.17) is 0 Å². The number of hydrogen-bond acceptors (Lipinski definition) is 1. The molecule has 0 aliphatic rings. The third-order valence-electron chi connectivity index (χ3n) is 9.62. The van der Waals surface area contributed by atoms with Crippen LogP contribution in [0.25, 0.3) is 96.3 Å². The van der Waals surface area contributed by atoms with Crippen molar-refractivity contribution >= 4 is 85.4 Å². The van der Waals surface area contributed by atoms with E-state index in [0.29, 0.717) is 0 Å². The molecule has 1 heterocycles. The van der Waals surface area contributed by atoms with Gasteiger partial charge in [-0.15, -0.1) is 11.3 Å². The summed E-state index contributed by atoms with van der Waals surface area (Å²) in [6.07, 6.45) is 0. The molecule has 0 saturated heterocycles. The van der Waals surface area contributed by atoms with Crippen LogP contribution >= 0.6 is 11.3 Å². The van der Waals surface area contributed by atoms with Gasteiger partial charge in [-0.3, -0.25) is 0 Å². The van der Waals surface area contributed by atoms with Gasteiger partial charge in [-0.25, -0.2) is 0 Å². The van der Waals surface area contributed by atoms with Gasteiger partial charge in [0.25, 0.3) is 0 Å². The van der Waals surface area contributed by atoms with Crippen molar-refractivity contribution < 1.29 is 0 Å². The van der Waals surface area contributed by atoms with Crippen molar-refractivity contribution in [1.82, 2.24) is 0 Å². The predicted molar refractivity (Wildman–Crippen MR) is 198 cm³/mol. The lowest BCUT2D eigenvalue weighted by molar-refractivity contribution is 1.65. The zero-order chi connectivity index (χ0) is 29.5. The summed E-state index contributed by atoms with van der Waals surface area (Å²) in [6, 6.07) is 58.4. The molecule has 0 radical (unpaired) electrons. The van der Waals surface area contributed by atoms with E-state index in [0.717, 1.165) is 0 Å². The monoisotopic (exact) mass is 586 g/mol. The topological polar surface area (TPSA) is 0 Å². The van der Waals surface area contributed by atoms with Gasteiger partial charge in [0.05, 0.1) is 0 Å². The summed E-state index contributed by atoms with van der Waals surface area (Å²) in [4.78, 5) is 0. The van der Waals surface area contributed by atoms with Gasteiger partial charge >= 0.3 is 0 Å². The van der Waals surface area contributed by atoms with E-state index in [1.165, 1.54) is 96.3 Å². The first-order chi connectivity index (χ1) is 22.3. The molecule has 0 bridgehead atoms. The second-order valence-corrected chi connectivity index (χ2v) is 13.1. The minimum absolute atomic E-state index is 1.24. The van der Waals surface area contributed by atoms with Crippen LogP contribution in [0.5, 0.6) is 0 Å². The second kappa shape index (κ2) is 9.50. The number of benzene rings is 9. The van der Waals surface area contributed by atoms with Crippen LogP contribution in [0.2, 0.25) is 0 Å². The van der Waals surface area contributed by atoms with Crippen LogP contribution in [0.1, 0.15) is 0 Å². The van der Waals surface area contributed by atoms with E-state index in [2.05, 4.69) is 158 Å². The fourth-order valence-electron chi connectivity index (χ4n) is 7.62. The van der Waals surface area contributed by atoms with Crippen LogP contribution in [0.15, 0.2) is 158 Å². The molecule has 0 unspecified atom stereocenters. The number of hydrogen-bond donors (Lipinski definition) is 0. The van der Waals surface area contributed by atoms with E-state index < -0.39 is 0 Å². The minimum Gasteiger partial charge on any atom is -0.135 e. The third kappa shape index (κ3) is 3.59. The molecule has 10 aromatic rings. The van der Waals surface area contributed by atoms with Crippen molar-refractivity contribution in [2.24, 2.45) is 0 Å². The Balaban J connectivity index is 1.33. The highest BCUT2D eigenvalue weighted by Gasteiger charge is 2.18. The Morgan fingerprint density at radius 3 is 1.49 bits per heavy atom. The quantitative estimate of drug-likeness (QED) is 0.177. The Bertz CT molecular complexity index is 2800. The molecule has 0 amide bonds. The molecule has 0 fully saturated rings. The first-order valence-corrected chi connectivity index (χ1v) is 16.3. The number of thiophene rings is 1. The predicted octanol–water partition coefficient (Wildman–Crippen LogP) is 13.2. The Morgan fingerprint density at radius 2 is 0.800 bits per heavy atom. The minimum atomic E-state index is 1.24. The van der Waals surface area contributed by atoms with E-state index in [1.807, 2.05) is 11.3 Å². The number of fused-ring (bicyclic) bond motifs is 14. The largest absolute Gasteiger partial charge is 0.135 e. The summed E-state index contributed by atoms with van der Waals surface area (Å²) in [5.74, 6) is 0. The lowest BCUT2D eigenvalue weighted by atomic mass is 9.85. The normalized spacial score (nSPS) is 12.0. The van der Waals surface area contributed by atoms with Crippen molar-refractivity contribution in [1.29, 1.82) is 0 Å². The summed E-state index contributed by atoms with van der Waals surface area (Å²) in [5, 5.41) is 15.8. The lowest BCUT2D eigenvalue weighted by Gasteiger charge is -2.18. The fraction of sp³-hybridized carbons (Fsp3) is 0. The van der Waals surface area contributed by atoms with E-state index >= 15 is 0 Å². The second-order valence-electron chi connectivity index (χ2n) is 12.0. The molecule has 1 heteroatoms. The Kier molecular flexibility index (Phi) is 5.25. The first kappa shape index (κ1) is 24.9. The Labute approximate surface area is 264 Å². The van der Waals surface area contributed by atoms with Crippen LogP contribution in [-0.2, 0) is 0 Å². The molecular formula is C44H26S. The van der Waals surface area contributed by atoms with Gasteiger partial charge in [0, 0.05) is 20.2 Å². The SMILES string of the molecule is c1ccc(-c2ccc3c(c2)c2ccccc2c2c4ccc(-c5cccc6c5sc5ccccc56)cc4c4ccccc4c32)cc1. The third-order valence-corrected chi connectivity index (χ3v) is 10.8. The summed E-state index contributed by atoms with van der Waals surface area (Å²) < 4.78 is 2.69. The van der Waals surface area contributed by atoms with Crippen LogP contribution in [0.3, 0.4) is 0 Å². The van der Waals surface area contributed by atoms with Crippen molar-refractivity contribution in [2.45, 2.75) is 0 Å². The Hall–Kier alpha value is -5.50. The maximum absolute atomic E-state index is 2.44. The van der Waals surface area contributed by atoms with Crippen molar-refractivity contribution in [3.63, 3.8) is 0 Å². The molecule has 0 N–H and O–H groups in total. The molecule has 0 nitrogen and oxygen atoms in total. The smallest absolute Gasteiger partial charge is 0.0433 e. The van der Waals surface area contributed by atoms with Crippen LogP contribution in [0.4, 0.5) is 0 Å². The van der Waals surface area contributed by atoms with Crippen LogP contribution in [-0.4, -0.2) is 0 Å². The molecule has 0 spiro atoms. The highest BCUT2D eigenvalue weighted by atomic mass is 32.1. The summed E-state index contributed by atoms with van der Waals surface area (Å²) in [5.41, 5.74) is 5.06. The molecule has 0 aliphatic heterocycles. The average molecular weight is 587 g/mol. The van der Waals surface area contributed by atoms with Gasteiger partial charge < -0.3 is 0 Å². The summed E-state index contributed by atoms with van der Waals surface area (Å²) >= 11 is 1.90. The van der Waals surface area contributed by atoms with Gasteiger partial charge in [-0.2, -0.15) is 0 Å². The maximum Gasteiger partial charge on any atom is 0.0433 e. The highest BCUT2D eigenvalue weighted by molar-refractivity contribution is 7.26. The maximum atomic E-state index is 2.44. The molecule has 9 aromatic carbocycles. The Morgan fingerprint density at radius 1 is 0.289 bits per heavy atom. The molecule has 0 aliphatic carbocycles. The van der Waals surface area contributed by atoms with Crippen LogP contribution < -0.4 is 0 Å². The van der Waals surface area contributed by atoms with Gasteiger partial charge in [-0.1, -0.05) is 140 Å². The van der Waals surface area contributed by atoms with E-state index in [9.17, 15) is 0 Å². The zero-order valence-corrected chi connectivity index (χ0v) is 25.2. The molecule has 208 valence electrons. The lowest BCUT2D eigenvalue weighted by Crippen LogP contribution is -1.90. The summed E-state index contributed by atoms with van der Waals surface area (Å²) in [7, 11) is 0. The fourth-order valence-corrected chi connectivity index (χ4v) is 8.86. The average Bonchev–Trinajstić information content (AvgIpc) is 3.50. The van der Waals surface area contributed by atoms with E-state index in [1.54, 1.807) is 0 Å². The van der Waals surface area contributed by atoms with Crippen LogP contribution in [0, 0.1) is 0 Å². The molecule has 0 saturated carbocycles. The van der Waals surface area contributed by atoms with Gasteiger partial charge in [0.1, 0.15) is 0 Å². The molecule has 45 heavy (non-hydrogen) atoms. The zero-order valence-electron chi connectivity index (χ0n) is 24.4. The molecule has 10 rings (SSSR count). The first-order valence-electron chi connectivity index (χ1n) is 15.5. The number of rotatable bonds is 2. The molecule has 1 aromatic heterocycles. The van der Waals surface area contributed by atoms with Gasteiger partial charge in [-0.05, 0) is 94.3 Å². The van der Waals surface area contributed by atoms with Crippen molar-refractivity contribution in [2.75, 3.05) is 0 Å². The highest BCUT2D eigenvalue weighted by Crippen LogP contribution is 2.46. The van der Waals surface area contributed by atoms with Gasteiger partial charge in [0.15, 0.2) is 0 Å². The molecular weight excluding hydrogens is 561 g/mol.